The van der Waals surface area contributed by atoms with Gasteiger partial charge in [0.2, 0.25) is 0 Å². The number of esters is 1. The van der Waals surface area contributed by atoms with Gasteiger partial charge in [0, 0.05) is 12.6 Å². The second-order valence-corrected chi connectivity index (χ2v) is 4.47. The molecule has 1 rings (SSSR count). The lowest BCUT2D eigenvalue weighted by molar-refractivity contribution is -0.142. The van der Waals surface area contributed by atoms with Gasteiger partial charge < -0.3 is 4.74 Å². The van der Waals surface area contributed by atoms with Crippen LogP contribution in [0.5, 0.6) is 0 Å². The van der Waals surface area contributed by atoms with E-state index in [0.717, 1.165) is 12.8 Å². The Bertz CT molecular complexity index is 267. The Labute approximate surface area is 97.2 Å². The molecule has 0 saturated heterocycles. The molecule has 0 N–H and O–H groups in total. The van der Waals surface area contributed by atoms with E-state index < -0.39 is 0 Å². The van der Waals surface area contributed by atoms with Gasteiger partial charge in [-0.05, 0) is 19.8 Å². The van der Waals surface area contributed by atoms with Crippen molar-refractivity contribution in [2.45, 2.75) is 38.6 Å². The minimum absolute atomic E-state index is 0.0368. The maximum Gasteiger partial charge on any atom is 0.319 e. The first-order chi connectivity index (χ1) is 7.67. The van der Waals surface area contributed by atoms with Crippen LogP contribution in [0.15, 0.2) is 0 Å². The topological polar surface area (TPSA) is 53.3 Å². The highest BCUT2D eigenvalue weighted by Crippen LogP contribution is 2.24. The van der Waals surface area contributed by atoms with Gasteiger partial charge in [0.25, 0.3) is 0 Å². The van der Waals surface area contributed by atoms with E-state index in [1.807, 2.05) is 6.92 Å². The molecule has 1 fully saturated rings. The summed E-state index contributed by atoms with van der Waals surface area (Å²) >= 11 is 0. The van der Waals surface area contributed by atoms with E-state index in [9.17, 15) is 4.79 Å². The quantitative estimate of drug-likeness (QED) is 0.665. The summed E-state index contributed by atoms with van der Waals surface area (Å²) in [6, 6.07) is 2.67. The van der Waals surface area contributed by atoms with Gasteiger partial charge in [-0.25, -0.2) is 0 Å². The molecule has 1 atom stereocenters. The lowest BCUT2D eigenvalue weighted by atomic mass is 10.1. The van der Waals surface area contributed by atoms with Crippen molar-refractivity contribution in [2.24, 2.45) is 5.92 Å². The van der Waals surface area contributed by atoms with Crippen LogP contribution in [0, 0.1) is 17.2 Å². The first-order valence-electron chi connectivity index (χ1n) is 5.88. The zero-order chi connectivity index (χ0) is 12.0. The van der Waals surface area contributed by atoms with Crippen LogP contribution in [0.2, 0.25) is 0 Å². The smallest absolute Gasteiger partial charge is 0.319 e. The standard InChI is InChI=1S/C12H20N2O2/c1-10(7-13)8-14(9-12(15)16-2)11-5-3-4-6-11/h10-11H,3-6,8-9H2,1-2H3. The van der Waals surface area contributed by atoms with Crippen LogP contribution in [0.3, 0.4) is 0 Å². The molecule has 0 aromatic rings. The summed E-state index contributed by atoms with van der Waals surface area (Å²) in [5.41, 5.74) is 0. The van der Waals surface area contributed by atoms with Crippen molar-refractivity contribution in [3.8, 4) is 6.07 Å². The van der Waals surface area contributed by atoms with Crippen LogP contribution in [-0.4, -0.2) is 37.1 Å². The Balaban J connectivity index is 2.53. The van der Waals surface area contributed by atoms with Crippen molar-refractivity contribution in [1.82, 2.24) is 4.90 Å². The maximum absolute atomic E-state index is 11.3. The van der Waals surface area contributed by atoms with E-state index in [1.54, 1.807) is 0 Å². The molecule has 1 saturated carbocycles. The van der Waals surface area contributed by atoms with Crippen LogP contribution in [0.4, 0.5) is 0 Å². The van der Waals surface area contributed by atoms with E-state index in [-0.39, 0.29) is 11.9 Å². The van der Waals surface area contributed by atoms with Crippen molar-refractivity contribution >= 4 is 5.97 Å². The highest BCUT2D eigenvalue weighted by atomic mass is 16.5. The van der Waals surface area contributed by atoms with Gasteiger partial charge in [-0.3, -0.25) is 9.69 Å². The summed E-state index contributed by atoms with van der Waals surface area (Å²) in [4.78, 5) is 13.4. The third-order valence-corrected chi connectivity index (χ3v) is 3.13. The molecule has 1 aliphatic rings. The molecule has 1 aliphatic carbocycles. The number of methoxy groups -OCH3 is 1. The summed E-state index contributed by atoms with van der Waals surface area (Å²) < 4.78 is 4.69. The van der Waals surface area contributed by atoms with Crippen molar-refractivity contribution in [3.63, 3.8) is 0 Å². The van der Waals surface area contributed by atoms with E-state index in [0.29, 0.717) is 19.1 Å². The van der Waals surface area contributed by atoms with Crippen molar-refractivity contribution in [2.75, 3.05) is 20.2 Å². The third kappa shape index (κ3) is 3.82. The van der Waals surface area contributed by atoms with Crippen LogP contribution in [-0.2, 0) is 9.53 Å². The van der Waals surface area contributed by atoms with E-state index in [4.69, 9.17) is 10.00 Å². The molecule has 0 aliphatic heterocycles. The lowest BCUT2D eigenvalue weighted by Gasteiger charge is -2.28. The SMILES string of the molecule is COC(=O)CN(CC(C)C#N)C1CCCC1. The Hall–Kier alpha value is -1.08. The molecule has 90 valence electrons. The van der Waals surface area contributed by atoms with Gasteiger partial charge in [-0.1, -0.05) is 12.8 Å². The summed E-state index contributed by atoms with van der Waals surface area (Å²) in [5.74, 6) is -0.248. The van der Waals surface area contributed by atoms with Crippen molar-refractivity contribution in [1.29, 1.82) is 5.26 Å². The van der Waals surface area contributed by atoms with Crippen LogP contribution < -0.4 is 0 Å². The van der Waals surface area contributed by atoms with Gasteiger partial charge in [-0.15, -0.1) is 0 Å². The van der Waals surface area contributed by atoms with Gasteiger partial charge in [-0.2, -0.15) is 5.26 Å². The number of nitrogens with zero attached hydrogens (tertiary/aromatic N) is 2. The monoisotopic (exact) mass is 224 g/mol. The summed E-state index contributed by atoms with van der Waals surface area (Å²) in [5, 5.41) is 8.82. The zero-order valence-electron chi connectivity index (χ0n) is 10.1. The Kier molecular flexibility index (Phi) is 5.27. The van der Waals surface area contributed by atoms with Crippen molar-refractivity contribution in [3.05, 3.63) is 0 Å². The first kappa shape index (κ1) is 13.0. The van der Waals surface area contributed by atoms with E-state index in [2.05, 4.69) is 11.0 Å². The molecule has 0 bridgehead atoms. The molecule has 0 heterocycles. The molecule has 0 amide bonds. The number of carbonyl (C=O) groups excluding carboxylic acids is 1. The Morgan fingerprint density at radius 1 is 1.56 bits per heavy atom. The molecule has 0 aromatic heterocycles. The summed E-state index contributed by atoms with van der Waals surface area (Å²) in [7, 11) is 1.41. The minimum Gasteiger partial charge on any atom is -0.468 e. The predicted octanol–water partition coefficient (Wildman–Crippen LogP) is 1.56. The molecule has 1 unspecified atom stereocenters. The Morgan fingerprint density at radius 2 is 2.19 bits per heavy atom. The molecule has 0 radical (unpaired) electrons. The molecular weight excluding hydrogens is 204 g/mol. The number of ether oxygens (including phenoxy) is 1. The summed E-state index contributed by atoms with van der Waals surface area (Å²) in [6.07, 6.45) is 4.72. The van der Waals surface area contributed by atoms with Gasteiger partial charge in [0.1, 0.15) is 0 Å². The van der Waals surface area contributed by atoms with Gasteiger partial charge in [0.05, 0.1) is 25.6 Å². The average Bonchev–Trinajstić information content (AvgIpc) is 2.81. The van der Waals surface area contributed by atoms with E-state index >= 15 is 0 Å². The van der Waals surface area contributed by atoms with Crippen LogP contribution >= 0.6 is 0 Å². The fourth-order valence-corrected chi connectivity index (χ4v) is 2.24. The lowest BCUT2D eigenvalue weighted by Crippen LogP contribution is -2.40. The predicted molar refractivity (Wildman–Crippen MR) is 60.6 cm³/mol. The number of carbonyl (C=O) groups is 1. The van der Waals surface area contributed by atoms with Crippen LogP contribution in [0.25, 0.3) is 0 Å². The molecular formula is C12H20N2O2. The zero-order valence-corrected chi connectivity index (χ0v) is 10.1. The second-order valence-electron chi connectivity index (χ2n) is 4.47. The normalized spacial score (nSPS) is 18.4. The first-order valence-corrected chi connectivity index (χ1v) is 5.88. The second kappa shape index (κ2) is 6.49. The van der Waals surface area contributed by atoms with Gasteiger partial charge >= 0.3 is 5.97 Å². The molecule has 4 nitrogen and oxygen atoms in total. The highest BCUT2D eigenvalue weighted by molar-refractivity contribution is 5.71. The van der Waals surface area contributed by atoms with E-state index in [1.165, 1.54) is 20.0 Å². The molecule has 0 spiro atoms. The minimum atomic E-state index is -0.211. The van der Waals surface area contributed by atoms with Gasteiger partial charge in [0.15, 0.2) is 0 Å². The third-order valence-electron chi connectivity index (χ3n) is 3.13. The maximum atomic E-state index is 11.3. The highest BCUT2D eigenvalue weighted by Gasteiger charge is 2.25. The molecule has 0 aromatic carbocycles. The number of hydrogen-bond donors (Lipinski definition) is 0. The van der Waals surface area contributed by atoms with Crippen molar-refractivity contribution < 1.29 is 9.53 Å². The number of hydrogen-bond acceptors (Lipinski definition) is 4. The number of rotatable bonds is 5. The summed E-state index contributed by atoms with van der Waals surface area (Å²) in [6.45, 7) is 2.86. The fraction of sp³-hybridized carbons (Fsp3) is 0.833. The average molecular weight is 224 g/mol. The molecule has 4 heteroatoms. The van der Waals surface area contributed by atoms with Crippen LogP contribution in [0.1, 0.15) is 32.6 Å². The molecule has 16 heavy (non-hydrogen) atoms. The fourth-order valence-electron chi connectivity index (χ4n) is 2.24. The largest absolute Gasteiger partial charge is 0.468 e. The Morgan fingerprint density at radius 3 is 2.69 bits per heavy atom. The number of nitriles is 1.